The lowest BCUT2D eigenvalue weighted by Crippen LogP contribution is -2.49. The first-order valence-electron chi connectivity index (χ1n) is 4.54. The lowest BCUT2D eigenvalue weighted by atomic mass is 10.1. The fourth-order valence-electron chi connectivity index (χ4n) is 1.09. The molecule has 0 saturated carbocycles. The molecule has 0 bridgehead atoms. The molecule has 0 unspecified atom stereocenters. The van der Waals surface area contributed by atoms with Gasteiger partial charge in [0.25, 0.3) is 5.91 Å². The second kappa shape index (κ2) is 3.76. The maximum absolute atomic E-state index is 11.7. The summed E-state index contributed by atoms with van der Waals surface area (Å²) in [7, 11) is 0. The van der Waals surface area contributed by atoms with E-state index in [-0.39, 0.29) is 5.91 Å². The predicted octanol–water partition coefficient (Wildman–Crippen LogP) is 0.916. The number of aromatic amines is 1. The highest BCUT2D eigenvalue weighted by Crippen LogP contribution is 2.09. The number of H-pyrrole nitrogens is 1. The Kier molecular flexibility index (Phi) is 2.83. The molecule has 15 heavy (non-hydrogen) atoms. The van der Waals surface area contributed by atoms with Crippen molar-refractivity contribution < 1.29 is 14.7 Å². The number of hydrogen-bond donors (Lipinski definition) is 3. The van der Waals surface area contributed by atoms with E-state index in [1.165, 1.54) is 13.8 Å². The largest absolute Gasteiger partial charge is 0.480 e. The van der Waals surface area contributed by atoms with Gasteiger partial charge in [-0.05, 0) is 26.3 Å². The minimum atomic E-state index is -1.26. The van der Waals surface area contributed by atoms with E-state index in [0.29, 0.717) is 5.56 Å². The maximum Gasteiger partial charge on any atom is 0.328 e. The Bertz CT molecular complexity index is 393. The van der Waals surface area contributed by atoms with Crippen LogP contribution >= 0.6 is 0 Å². The summed E-state index contributed by atoms with van der Waals surface area (Å²) in [6.45, 7) is 4.66. The molecule has 0 radical (unpaired) electrons. The lowest BCUT2D eigenvalue weighted by molar-refractivity contribution is -0.143. The third-order valence-corrected chi connectivity index (χ3v) is 2.16. The average molecular weight is 210 g/mol. The number of carbonyl (C=O) groups is 2. The highest BCUT2D eigenvalue weighted by atomic mass is 16.4. The highest BCUT2D eigenvalue weighted by Gasteiger charge is 2.29. The van der Waals surface area contributed by atoms with E-state index in [2.05, 4.69) is 10.3 Å². The molecule has 0 aliphatic heterocycles. The number of carbonyl (C=O) groups excluding carboxylic acids is 1. The summed E-state index contributed by atoms with van der Waals surface area (Å²) in [5, 5.41) is 11.3. The van der Waals surface area contributed by atoms with Gasteiger partial charge in [-0.25, -0.2) is 4.79 Å². The van der Waals surface area contributed by atoms with Crippen molar-refractivity contribution in [3.05, 3.63) is 23.5 Å². The predicted molar refractivity (Wildman–Crippen MR) is 54.7 cm³/mol. The van der Waals surface area contributed by atoms with Crippen molar-refractivity contribution >= 4 is 11.9 Å². The van der Waals surface area contributed by atoms with Gasteiger partial charge in [0.2, 0.25) is 0 Å². The van der Waals surface area contributed by atoms with Crippen LogP contribution in [0.15, 0.2) is 12.4 Å². The van der Waals surface area contributed by atoms with E-state index < -0.39 is 11.5 Å². The van der Waals surface area contributed by atoms with Crippen LogP contribution in [0.5, 0.6) is 0 Å². The van der Waals surface area contributed by atoms with Crippen molar-refractivity contribution in [2.75, 3.05) is 0 Å². The quantitative estimate of drug-likeness (QED) is 0.693. The zero-order valence-corrected chi connectivity index (χ0v) is 8.92. The van der Waals surface area contributed by atoms with Crippen LogP contribution in [-0.2, 0) is 4.79 Å². The van der Waals surface area contributed by atoms with Gasteiger partial charge in [-0.1, -0.05) is 0 Å². The Labute approximate surface area is 87.5 Å². The Morgan fingerprint density at radius 1 is 1.40 bits per heavy atom. The molecule has 0 aliphatic rings. The standard InChI is InChI=1S/C10H14N2O3/c1-6-4-11-5-7(6)8(13)12-10(2,3)9(14)15/h4-5,11H,1-3H3,(H,12,13)(H,14,15). The van der Waals surface area contributed by atoms with Crippen molar-refractivity contribution in [1.29, 1.82) is 0 Å². The molecule has 0 aromatic carbocycles. The molecule has 82 valence electrons. The van der Waals surface area contributed by atoms with Gasteiger partial charge in [0, 0.05) is 12.4 Å². The van der Waals surface area contributed by atoms with E-state index in [1.807, 2.05) is 0 Å². The first-order chi connectivity index (χ1) is 6.84. The molecule has 0 spiro atoms. The molecule has 3 N–H and O–H groups in total. The Morgan fingerprint density at radius 3 is 2.40 bits per heavy atom. The third kappa shape index (κ3) is 2.37. The number of carboxylic acid groups (broad SMARTS) is 1. The van der Waals surface area contributed by atoms with Crippen LogP contribution in [0.1, 0.15) is 29.8 Å². The summed E-state index contributed by atoms with van der Waals surface area (Å²) in [5.41, 5.74) is -0.0149. The SMILES string of the molecule is Cc1c[nH]cc1C(=O)NC(C)(C)C(=O)O. The van der Waals surface area contributed by atoms with Gasteiger partial charge in [-0.3, -0.25) is 4.79 Å². The number of aromatic nitrogens is 1. The van der Waals surface area contributed by atoms with Gasteiger partial charge in [0.1, 0.15) is 5.54 Å². The fourth-order valence-corrected chi connectivity index (χ4v) is 1.09. The monoisotopic (exact) mass is 210 g/mol. The molecule has 0 atom stereocenters. The van der Waals surface area contributed by atoms with Crippen molar-refractivity contribution in [3.63, 3.8) is 0 Å². The Morgan fingerprint density at radius 2 is 2.00 bits per heavy atom. The van der Waals surface area contributed by atoms with Crippen LogP contribution in [0.25, 0.3) is 0 Å². The van der Waals surface area contributed by atoms with E-state index >= 15 is 0 Å². The first kappa shape index (κ1) is 11.3. The van der Waals surface area contributed by atoms with Crippen LogP contribution < -0.4 is 5.32 Å². The minimum Gasteiger partial charge on any atom is -0.480 e. The normalized spacial score (nSPS) is 11.1. The molecule has 1 aromatic rings. The summed E-state index contributed by atoms with van der Waals surface area (Å²) in [6, 6.07) is 0. The lowest BCUT2D eigenvalue weighted by Gasteiger charge is -2.20. The van der Waals surface area contributed by atoms with Gasteiger partial charge in [0.05, 0.1) is 5.56 Å². The second-order valence-corrected chi connectivity index (χ2v) is 3.94. The molecular weight excluding hydrogens is 196 g/mol. The number of rotatable bonds is 3. The van der Waals surface area contributed by atoms with Gasteiger partial charge in [-0.15, -0.1) is 0 Å². The summed E-state index contributed by atoms with van der Waals surface area (Å²) in [5.74, 6) is -1.45. The molecule has 5 nitrogen and oxygen atoms in total. The smallest absolute Gasteiger partial charge is 0.328 e. The maximum atomic E-state index is 11.7. The highest BCUT2D eigenvalue weighted by molar-refractivity contribution is 5.98. The van der Waals surface area contributed by atoms with Gasteiger partial charge in [0.15, 0.2) is 0 Å². The van der Waals surface area contributed by atoms with Crippen molar-refractivity contribution in [2.24, 2.45) is 0 Å². The number of amides is 1. The molecule has 1 aromatic heterocycles. The third-order valence-electron chi connectivity index (χ3n) is 2.16. The van der Waals surface area contributed by atoms with E-state index in [0.717, 1.165) is 5.56 Å². The van der Waals surface area contributed by atoms with Gasteiger partial charge in [-0.2, -0.15) is 0 Å². The van der Waals surface area contributed by atoms with E-state index in [1.54, 1.807) is 19.3 Å². The van der Waals surface area contributed by atoms with Crippen LogP contribution in [-0.4, -0.2) is 27.5 Å². The fraction of sp³-hybridized carbons (Fsp3) is 0.400. The summed E-state index contributed by atoms with van der Waals surface area (Å²) < 4.78 is 0. The van der Waals surface area contributed by atoms with Crippen molar-refractivity contribution in [1.82, 2.24) is 10.3 Å². The van der Waals surface area contributed by atoms with Crippen LogP contribution in [0.4, 0.5) is 0 Å². The second-order valence-electron chi connectivity index (χ2n) is 3.94. The topological polar surface area (TPSA) is 82.2 Å². The Balaban J connectivity index is 2.81. The zero-order chi connectivity index (χ0) is 11.6. The molecule has 1 rings (SSSR count). The molecule has 1 heterocycles. The van der Waals surface area contributed by atoms with Crippen LogP contribution in [0.3, 0.4) is 0 Å². The Hall–Kier alpha value is -1.78. The zero-order valence-electron chi connectivity index (χ0n) is 8.92. The van der Waals surface area contributed by atoms with Crippen LogP contribution in [0, 0.1) is 6.92 Å². The molecule has 0 aliphatic carbocycles. The van der Waals surface area contributed by atoms with Gasteiger partial charge < -0.3 is 15.4 Å². The molecule has 0 saturated heterocycles. The summed E-state index contributed by atoms with van der Waals surface area (Å²) >= 11 is 0. The number of hydrogen-bond acceptors (Lipinski definition) is 2. The number of carboxylic acids is 1. The number of aryl methyl sites for hydroxylation is 1. The van der Waals surface area contributed by atoms with E-state index in [4.69, 9.17) is 5.11 Å². The van der Waals surface area contributed by atoms with E-state index in [9.17, 15) is 9.59 Å². The molecular formula is C10H14N2O3. The molecule has 0 fully saturated rings. The molecule has 1 amide bonds. The average Bonchev–Trinajstić information content (AvgIpc) is 2.50. The first-order valence-corrected chi connectivity index (χ1v) is 4.54. The molecule has 5 heteroatoms. The van der Waals surface area contributed by atoms with Crippen molar-refractivity contribution in [3.8, 4) is 0 Å². The summed E-state index contributed by atoms with van der Waals surface area (Å²) in [4.78, 5) is 25.2. The minimum absolute atomic E-state index is 0.388. The van der Waals surface area contributed by atoms with Gasteiger partial charge >= 0.3 is 5.97 Å². The number of aliphatic carboxylic acids is 1. The van der Waals surface area contributed by atoms with Crippen LogP contribution in [0.2, 0.25) is 0 Å². The van der Waals surface area contributed by atoms with Crippen molar-refractivity contribution in [2.45, 2.75) is 26.3 Å². The summed E-state index contributed by atoms with van der Waals surface area (Å²) in [6.07, 6.45) is 3.23. The number of nitrogens with one attached hydrogen (secondary N) is 2.